The number of nitrogens with two attached hydrogens (primary N) is 1. The summed E-state index contributed by atoms with van der Waals surface area (Å²) in [7, 11) is 0.589. The van der Waals surface area contributed by atoms with Crippen molar-refractivity contribution < 1.29 is 9.00 Å². The fraction of sp³-hybridized carbons (Fsp3) is 0.889. The third-order valence-electron chi connectivity index (χ3n) is 2.11. The van der Waals surface area contributed by atoms with Gasteiger partial charge in [0.1, 0.15) is 5.75 Å². The fourth-order valence-corrected chi connectivity index (χ4v) is 2.17. The topological polar surface area (TPSA) is 63.4 Å². The maximum absolute atomic E-state index is 11.4. The average molecular weight is 220 g/mol. The van der Waals surface area contributed by atoms with Gasteiger partial charge in [-0.2, -0.15) is 0 Å². The van der Waals surface area contributed by atoms with Crippen LogP contribution in [0.25, 0.3) is 0 Å². The van der Waals surface area contributed by atoms with Crippen LogP contribution in [-0.2, 0) is 15.6 Å². The first-order chi connectivity index (χ1) is 6.51. The summed E-state index contributed by atoms with van der Waals surface area (Å²) in [5.74, 6) is 0.437. The SMILES string of the molecule is CCC(N)CS(=O)CC(=O)N(C)CC. The van der Waals surface area contributed by atoms with E-state index in [1.165, 1.54) is 0 Å². The zero-order chi connectivity index (χ0) is 11.1. The average Bonchev–Trinajstić information content (AvgIpc) is 2.15. The minimum atomic E-state index is -1.12. The van der Waals surface area contributed by atoms with Gasteiger partial charge >= 0.3 is 0 Å². The Morgan fingerprint density at radius 1 is 1.50 bits per heavy atom. The van der Waals surface area contributed by atoms with Crippen molar-refractivity contribution >= 4 is 16.7 Å². The number of nitrogens with zero attached hydrogens (tertiary/aromatic N) is 1. The van der Waals surface area contributed by atoms with Crippen molar-refractivity contribution in [1.82, 2.24) is 4.90 Å². The highest BCUT2D eigenvalue weighted by Crippen LogP contribution is 1.94. The molecule has 0 saturated carbocycles. The highest BCUT2D eigenvalue weighted by Gasteiger charge is 2.13. The van der Waals surface area contributed by atoms with E-state index in [1.54, 1.807) is 11.9 Å². The molecule has 0 aliphatic heterocycles. The first-order valence-corrected chi connectivity index (χ1v) is 6.34. The zero-order valence-electron chi connectivity index (χ0n) is 9.16. The molecule has 0 aliphatic carbocycles. The number of carbonyl (C=O) groups is 1. The van der Waals surface area contributed by atoms with Gasteiger partial charge in [-0.05, 0) is 13.3 Å². The van der Waals surface area contributed by atoms with Gasteiger partial charge in [-0.25, -0.2) is 0 Å². The molecule has 0 aromatic heterocycles. The summed E-state index contributed by atoms with van der Waals surface area (Å²) in [5.41, 5.74) is 5.64. The molecule has 0 radical (unpaired) electrons. The third-order valence-corrected chi connectivity index (χ3v) is 3.48. The van der Waals surface area contributed by atoms with Crippen molar-refractivity contribution in [3.05, 3.63) is 0 Å². The molecule has 0 rings (SSSR count). The van der Waals surface area contributed by atoms with E-state index in [0.29, 0.717) is 12.3 Å². The van der Waals surface area contributed by atoms with E-state index < -0.39 is 10.8 Å². The largest absolute Gasteiger partial charge is 0.345 e. The third kappa shape index (κ3) is 5.34. The van der Waals surface area contributed by atoms with E-state index >= 15 is 0 Å². The Hall–Kier alpha value is -0.420. The number of hydrogen-bond donors (Lipinski definition) is 1. The van der Waals surface area contributed by atoms with Gasteiger partial charge in [-0.15, -0.1) is 0 Å². The van der Waals surface area contributed by atoms with Crippen molar-refractivity contribution in [3.8, 4) is 0 Å². The number of hydrogen-bond acceptors (Lipinski definition) is 3. The van der Waals surface area contributed by atoms with Crippen LogP contribution in [0.4, 0.5) is 0 Å². The molecule has 0 aromatic carbocycles. The lowest BCUT2D eigenvalue weighted by Gasteiger charge is -2.14. The Morgan fingerprint density at radius 3 is 2.50 bits per heavy atom. The monoisotopic (exact) mass is 220 g/mol. The second-order valence-corrected chi connectivity index (χ2v) is 4.83. The number of carbonyl (C=O) groups excluding carboxylic acids is 1. The molecule has 0 bridgehead atoms. The van der Waals surface area contributed by atoms with Gasteiger partial charge in [0.15, 0.2) is 0 Å². The first kappa shape index (κ1) is 13.6. The van der Waals surface area contributed by atoms with Gasteiger partial charge in [0.25, 0.3) is 0 Å². The molecule has 84 valence electrons. The normalized spacial score (nSPS) is 14.9. The molecule has 0 spiro atoms. The molecule has 4 nitrogen and oxygen atoms in total. The Labute approximate surface area is 88.3 Å². The van der Waals surface area contributed by atoms with Crippen LogP contribution in [0.5, 0.6) is 0 Å². The van der Waals surface area contributed by atoms with E-state index in [0.717, 1.165) is 6.42 Å². The molecule has 14 heavy (non-hydrogen) atoms. The lowest BCUT2D eigenvalue weighted by atomic mass is 10.3. The quantitative estimate of drug-likeness (QED) is 0.682. The zero-order valence-corrected chi connectivity index (χ0v) is 9.97. The van der Waals surface area contributed by atoms with Crippen LogP contribution in [0.15, 0.2) is 0 Å². The van der Waals surface area contributed by atoms with E-state index in [2.05, 4.69) is 0 Å². The van der Waals surface area contributed by atoms with Crippen molar-refractivity contribution in [2.24, 2.45) is 5.73 Å². The fourth-order valence-electron chi connectivity index (χ4n) is 0.840. The van der Waals surface area contributed by atoms with Crippen molar-refractivity contribution in [2.75, 3.05) is 25.1 Å². The molecule has 2 N–H and O–H groups in total. The van der Waals surface area contributed by atoms with Crippen LogP contribution in [0.2, 0.25) is 0 Å². The van der Waals surface area contributed by atoms with Crippen molar-refractivity contribution in [1.29, 1.82) is 0 Å². The molecule has 5 heteroatoms. The van der Waals surface area contributed by atoms with Crippen LogP contribution < -0.4 is 5.73 Å². The summed E-state index contributed by atoms with van der Waals surface area (Å²) in [4.78, 5) is 12.9. The highest BCUT2D eigenvalue weighted by atomic mass is 32.2. The van der Waals surface area contributed by atoms with Gasteiger partial charge in [-0.3, -0.25) is 9.00 Å². The lowest BCUT2D eigenvalue weighted by molar-refractivity contribution is -0.126. The van der Waals surface area contributed by atoms with Crippen LogP contribution in [0, 0.1) is 0 Å². The predicted molar refractivity (Wildman–Crippen MR) is 59.5 cm³/mol. The molecule has 0 heterocycles. The maximum Gasteiger partial charge on any atom is 0.234 e. The minimum Gasteiger partial charge on any atom is -0.345 e. The van der Waals surface area contributed by atoms with Crippen molar-refractivity contribution in [3.63, 3.8) is 0 Å². The molecular weight excluding hydrogens is 200 g/mol. The van der Waals surface area contributed by atoms with Gasteiger partial charge in [0.05, 0.1) is 0 Å². The molecule has 2 unspecified atom stereocenters. The van der Waals surface area contributed by atoms with E-state index in [4.69, 9.17) is 5.73 Å². The van der Waals surface area contributed by atoms with Crippen molar-refractivity contribution in [2.45, 2.75) is 26.3 Å². The summed E-state index contributed by atoms with van der Waals surface area (Å²) in [6.07, 6.45) is 0.795. The summed E-state index contributed by atoms with van der Waals surface area (Å²) < 4.78 is 11.4. The van der Waals surface area contributed by atoms with Gasteiger partial charge in [0.2, 0.25) is 5.91 Å². The molecular formula is C9H20N2O2S. The summed E-state index contributed by atoms with van der Waals surface area (Å²) in [6.45, 7) is 4.48. The number of amides is 1. The Bertz CT molecular complexity index is 209. The number of rotatable bonds is 6. The minimum absolute atomic E-state index is 0.0597. The lowest BCUT2D eigenvalue weighted by Crippen LogP contribution is -2.34. The summed E-state index contributed by atoms with van der Waals surface area (Å²) in [6, 6.07) is -0.0597. The van der Waals surface area contributed by atoms with Crippen LogP contribution >= 0.6 is 0 Å². The molecule has 2 atom stereocenters. The maximum atomic E-state index is 11.4. The predicted octanol–water partition coefficient (Wildman–Crippen LogP) is -0.0493. The van der Waals surface area contributed by atoms with E-state index in [9.17, 15) is 9.00 Å². The van der Waals surface area contributed by atoms with Crippen LogP contribution in [0.3, 0.4) is 0 Å². The van der Waals surface area contributed by atoms with Gasteiger partial charge < -0.3 is 10.6 Å². The smallest absolute Gasteiger partial charge is 0.234 e. The van der Waals surface area contributed by atoms with E-state index in [1.807, 2.05) is 13.8 Å². The molecule has 0 fully saturated rings. The summed E-state index contributed by atoms with van der Waals surface area (Å²) >= 11 is 0. The first-order valence-electron chi connectivity index (χ1n) is 4.85. The van der Waals surface area contributed by atoms with Gasteiger partial charge in [0, 0.05) is 36.2 Å². The standard InChI is InChI=1S/C9H20N2O2S/c1-4-8(10)6-14(13)7-9(12)11(3)5-2/h8H,4-7,10H2,1-3H3. The Morgan fingerprint density at radius 2 is 2.07 bits per heavy atom. The highest BCUT2D eigenvalue weighted by molar-refractivity contribution is 7.85. The second-order valence-electron chi connectivity index (χ2n) is 3.33. The molecule has 0 aliphatic rings. The van der Waals surface area contributed by atoms with E-state index in [-0.39, 0.29) is 17.7 Å². The van der Waals surface area contributed by atoms with Crippen LogP contribution in [0.1, 0.15) is 20.3 Å². The molecule has 1 amide bonds. The Balaban J connectivity index is 3.88. The molecule has 0 aromatic rings. The Kier molecular flexibility index (Phi) is 6.74. The molecule has 0 saturated heterocycles. The van der Waals surface area contributed by atoms with Crippen LogP contribution in [-0.4, -0.2) is 46.2 Å². The second kappa shape index (κ2) is 6.95. The summed E-state index contributed by atoms with van der Waals surface area (Å²) in [5, 5.41) is 0. The van der Waals surface area contributed by atoms with Gasteiger partial charge in [-0.1, -0.05) is 6.92 Å².